The lowest BCUT2D eigenvalue weighted by atomic mass is 10.4. The highest BCUT2D eigenvalue weighted by atomic mass is 16.5. The van der Waals surface area contributed by atoms with E-state index in [0.29, 0.717) is 6.42 Å². The van der Waals surface area contributed by atoms with Crippen LogP contribution in [0.5, 0.6) is 0 Å². The van der Waals surface area contributed by atoms with E-state index < -0.39 is 5.97 Å². The highest BCUT2D eigenvalue weighted by Crippen LogP contribution is 1.85. The number of ether oxygens (including phenoxy) is 1. The van der Waals surface area contributed by atoms with Crippen molar-refractivity contribution in [3.8, 4) is 12.3 Å². The van der Waals surface area contributed by atoms with Crippen molar-refractivity contribution in [1.29, 1.82) is 0 Å². The van der Waals surface area contributed by atoms with Crippen molar-refractivity contribution in [2.75, 3.05) is 6.61 Å². The average molecular weight is 166 g/mol. The van der Waals surface area contributed by atoms with E-state index in [1.807, 2.05) is 0 Å². The summed E-state index contributed by atoms with van der Waals surface area (Å²) >= 11 is 0. The van der Waals surface area contributed by atoms with Crippen LogP contribution in [0.3, 0.4) is 0 Å². The van der Waals surface area contributed by atoms with Gasteiger partial charge in [0.2, 0.25) is 0 Å². The van der Waals surface area contributed by atoms with Gasteiger partial charge in [-0.25, -0.2) is 4.79 Å². The Balaban J connectivity index is 3.61. The van der Waals surface area contributed by atoms with Crippen LogP contribution in [0.1, 0.15) is 13.3 Å². The Morgan fingerprint density at radius 1 is 1.50 bits per heavy atom. The number of hydrogen-bond acceptors (Lipinski definition) is 3. The molecule has 0 aliphatic rings. The molecule has 0 aromatic heterocycles. The van der Waals surface area contributed by atoms with Crippen LogP contribution in [-0.2, 0) is 14.3 Å². The molecule has 0 saturated heterocycles. The summed E-state index contributed by atoms with van der Waals surface area (Å²) in [6.07, 6.45) is 7.55. The predicted molar refractivity (Wildman–Crippen MR) is 44.2 cm³/mol. The van der Waals surface area contributed by atoms with Crippen molar-refractivity contribution in [2.24, 2.45) is 0 Å². The fourth-order valence-electron chi connectivity index (χ4n) is 0.444. The molecule has 0 bridgehead atoms. The van der Waals surface area contributed by atoms with Gasteiger partial charge in [0.05, 0.1) is 0 Å². The Morgan fingerprint density at radius 3 is 2.67 bits per heavy atom. The van der Waals surface area contributed by atoms with Crippen LogP contribution >= 0.6 is 0 Å². The molecule has 0 fully saturated rings. The molecular formula is C9H10O3. The minimum atomic E-state index is -0.541. The molecule has 0 heterocycles. The number of terminal acetylenes is 1. The van der Waals surface area contributed by atoms with Gasteiger partial charge in [-0.05, 0) is 13.0 Å². The van der Waals surface area contributed by atoms with Crippen LogP contribution in [0.15, 0.2) is 12.2 Å². The molecule has 3 heteroatoms. The summed E-state index contributed by atoms with van der Waals surface area (Å²) in [7, 11) is 0. The van der Waals surface area contributed by atoms with E-state index in [4.69, 9.17) is 6.42 Å². The number of carbonyl (C=O) groups excluding carboxylic acids is 2. The molecule has 0 aromatic carbocycles. The zero-order valence-corrected chi connectivity index (χ0v) is 6.87. The normalized spacial score (nSPS) is 9.33. The Kier molecular flexibility index (Phi) is 5.37. The summed E-state index contributed by atoms with van der Waals surface area (Å²) in [6, 6.07) is 0. The van der Waals surface area contributed by atoms with Crippen molar-refractivity contribution in [3.63, 3.8) is 0 Å². The van der Waals surface area contributed by atoms with Gasteiger partial charge in [0.15, 0.2) is 5.78 Å². The molecule has 0 atom stereocenters. The molecule has 0 aliphatic carbocycles. The molecule has 12 heavy (non-hydrogen) atoms. The fraction of sp³-hybridized carbons (Fsp3) is 0.333. The molecule has 0 rings (SSSR count). The Morgan fingerprint density at radius 2 is 2.17 bits per heavy atom. The smallest absolute Gasteiger partial charge is 0.330 e. The maximum absolute atomic E-state index is 10.7. The van der Waals surface area contributed by atoms with Crippen LogP contribution in [-0.4, -0.2) is 18.4 Å². The van der Waals surface area contributed by atoms with E-state index >= 15 is 0 Å². The number of ketones is 1. The van der Waals surface area contributed by atoms with E-state index in [2.05, 4.69) is 10.7 Å². The molecule has 0 N–H and O–H groups in total. The van der Waals surface area contributed by atoms with Gasteiger partial charge in [0.25, 0.3) is 0 Å². The number of allylic oxidation sites excluding steroid dienone is 1. The maximum Gasteiger partial charge on any atom is 0.330 e. The highest BCUT2D eigenvalue weighted by Gasteiger charge is 1.94. The lowest BCUT2D eigenvalue weighted by Crippen LogP contribution is -2.02. The van der Waals surface area contributed by atoms with Crippen LogP contribution in [0, 0.1) is 12.3 Å². The van der Waals surface area contributed by atoms with Crippen molar-refractivity contribution in [3.05, 3.63) is 12.2 Å². The van der Waals surface area contributed by atoms with Crippen LogP contribution < -0.4 is 0 Å². The lowest BCUT2D eigenvalue weighted by Gasteiger charge is -1.95. The third-order valence-electron chi connectivity index (χ3n) is 0.945. The minimum absolute atomic E-state index is 0.191. The summed E-state index contributed by atoms with van der Waals surface area (Å²) in [5, 5.41) is 0. The molecule has 0 radical (unpaired) electrons. The molecular weight excluding hydrogens is 156 g/mol. The fourth-order valence-corrected chi connectivity index (χ4v) is 0.444. The molecule has 3 nitrogen and oxygen atoms in total. The molecule has 0 saturated carbocycles. The van der Waals surface area contributed by atoms with Gasteiger partial charge in [-0.2, -0.15) is 0 Å². The van der Waals surface area contributed by atoms with Crippen molar-refractivity contribution in [2.45, 2.75) is 13.3 Å². The van der Waals surface area contributed by atoms with E-state index in [9.17, 15) is 9.59 Å². The van der Waals surface area contributed by atoms with E-state index in [-0.39, 0.29) is 12.4 Å². The number of esters is 1. The Bertz CT molecular complexity index is 233. The highest BCUT2D eigenvalue weighted by molar-refractivity contribution is 5.94. The SMILES string of the molecule is C#CCCOC(=O)/C=C/C(C)=O. The van der Waals surface area contributed by atoms with Crippen LogP contribution in [0.2, 0.25) is 0 Å². The first-order valence-corrected chi connectivity index (χ1v) is 3.45. The van der Waals surface area contributed by atoms with E-state index in [0.717, 1.165) is 12.2 Å². The third kappa shape index (κ3) is 6.56. The summed E-state index contributed by atoms with van der Waals surface area (Å²) in [5.41, 5.74) is 0. The molecule has 0 unspecified atom stereocenters. The maximum atomic E-state index is 10.7. The second-order valence-corrected chi connectivity index (χ2v) is 2.07. The summed E-state index contributed by atoms with van der Waals surface area (Å²) < 4.78 is 4.61. The molecule has 64 valence electrons. The monoisotopic (exact) mass is 166 g/mol. The quantitative estimate of drug-likeness (QED) is 0.267. The zero-order valence-electron chi connectivity index (χ0n) is 6.87. The molecule has 0 spiro atoms. The third-order valence-corrected chi connectivity index (χ3v) is 0.945. The van der Waals surface area contributed by atoms with E-state index in [1.165, 1.54) is 6.92 Å². The summed E-state index contributed by atoms with van der Waals surface area (Å²) in [4.78, 5) is 21.0. The number of hydrogen-bond donors (Lipinski definition) is 0. The predicted octanol–water partition coefficient (Wildman–Crippen LogP) is 0.698. The first-order valence-electron chi connectivity index (χ1n) is 3.45. The Hall–Kier alpha value is -1.56. The van der Waals surface area contributed by atoms with E-state index in [1.54, 1.807) is 0 Å². The minimum Gasteiger partial charge on any atom is -0.462 e. The first kappa shape index (κ1) is 10.4. The van der Waals surface area contributed by atoms with Gasteiger partial charge in [-0.15, -0.1) is 12.3 Å². The standard InChI is InChI=1S/C9H10O3/c1-3-4-7-12-9(11)6-5-8(2)10/h1,5-6H,4,7H2,2H3/b6-5+. The van der Waals surface area contributed by atoms with Gasteiger partial charge in [-0.3, -0.25) is 4.79 Å². The summed E-state index contributed by atoms with van der Waals surface area (Å²) in [6.45, 7) is 1.54. The lowest BCUT2D eigenvalue weighted by molar-refractivity contribution is -0.137. The van der Waals surface area contributed by atoms with Crippen molar-refractivity contribution < 1.29 is 14.3 Å². The van der Waals surface area contributed by atoms with Gasteiger partial charge in [0, 0.05) is 12.5 Å². The zero-order chi connectivity index (χ0) is 9.40. The largest absolute Gasteiger partial charge is 0.462 e. The van der Waals surface area contributed by atoms with Gasteiger partial charge in [0.1, 0.15) is 6.61 Å². The van der Waals surface area contributed by atoms with Crippen LogP contribution in [0.25, 0.3) is 0 Å². The Labute approximate surface area is 71.4 Å². The second kappa shape index (κ2) is 6.17. The summed E-state index contributed by atoms with van der Waals surface area (Å²) in [5.74, 6) is 1.59. The van der Waals surface area contributed by atoms with Crippen molar-refractivity contribution >= 4 is 11.8 Å². The number of rotatable bonds is 4. The van der Waals surface area contributed by atoms with Crippen LogP contribution in [0.4, 0.5) is 0 Å². The average Bonchev–Trinajstić information content (AvgIpc) is 2.01. The molecule has 0 aromatic rings. The second-order valence-electron chi connectivity index (χ2n) is 2.07. The van der Waals surface area contributed by atoms with Gasteiger partial charge in [-0.1, -0.05) is 0 Å². The van der Waals surface area contributed by atoms with Crippen molar-refractivity contribution in [1.82, 2.24) is 0 Å². The number of carbonyl (C=O) groups is 2. The van der Waals surface area contributed by atoms with Gasteiger partial charge < -0.3 is 4.74 Å². The first-order chi connectivity index (χ1) is 5.66. The molecule has 0 amide bonds. The molecule has 0 aliphatic heterocycles. The topological polar surface area (TPSA) is 43.4 Å². The van der Waals surface area contributed by atoms with Gasteiger partial charge >= 0.3 is 5.97 Å².